The van der Waals surface area contributed by atoms with Crippen molar-refractivity contribution >= 4 is 28.5 Å². The predicted molar refractivity (Wildman–Crippen MR) is 108 cm³/mol. The fraction of sp³-hybridized carbons (Fsp3) is 0.273. The zero-order valence-corrected chi connectivity index (χ0v) is 15.7. The van der Waals surface area contributed by atoms with Gasteiger partial charge in [-0.2, -0.15) is 0 Å². The minimum atomic E-state index is -0.384. The number of nitrogens with one attached hydrogen (secondary N) is 3. The lowest BCUT2D eigenvalue weighted by Crippen LogP contribution is -2.39. The molecule has 3 N–H and O–H groups in total. The highest BCUT2D eigenvalue weighted by Gasteiger charge is 2.33. The standard InChI is InChI=1S/C22H23N3O3/c1-2-28-22(27)19-13-15-12-16(8-9-18(15)25-19)24-21(26)20-17(10-11-23-20)14-6-4-3-5-7-14/h3-9,12-13,17,20,23,25H,2,10-11H2,1H3,(H,24,26)/t17-,20-/m0/s1. The Hall–Kier alpha value is -3.12. The van der Waals surface area contributed by atoms with Gasteiger partial charge in [0.05, 0.1) is 12.6 Å². The summed E-state index contributed by atoms with van der Waals surface area (Å²) in [4.78, 5) is 27.8. The van der Waals surface area contributed by atoms with E-state index in [1.165, 1.54) is 5.56 Å². The van der Waals surface area contributed by atoms with E-state index in [1.807, 2.05) is 36.4 Å². The number of rotatable bonds is 5. The third kappa shape index (κ3) is 3.64. The van der Waals surface area contributed by atoms with Crippen molar-refractivity contribution in [1.82, 2.24) is 10.3 Å². The summed E-state index contributed by atoms with van der Waals surface area (Å²) in [5.74, 6) is -0.274. The second-order valence-electron chi connectivity index (χ2n) is 6.93. The first-order valence-electron chi connectivity index (χ1n) is 9.55. The van der Waals surface area contributed by atoms with Crippen LogP contribution in [-0.2, 0) is 9.53 Å². The molecule has 6 nitrogen and oxygen atoms in total. The van der Waals surface area contributed by atoms with Crippen molar-refractivity contribution in [3.8, 4) is 0 Å². The zero-order valence-electron chi connectivity index (χ0n) is 15.7. The molecular formula is C22H23N3O3. The van der Waals surface area contributed by atoms with Crippen molar-refractivity contribution in [2.45, 2.75) is 25.3 Å². The largest absolute Gasteiger partial charge is 0.461 e. The van der Waals surface area contributed by atoms with Crippen LogP contribution in [0.25, 0.3) is 10.9 Å². The van der Waals surface area contributed by atoms with Crippen molar-refractivity contribution in [3.05, 3.63) is 65.9 Å². The minimum Gasteiger partial charge on any atom is -0.461 e. The fourth-order valence-corrected chi connectivity index (χ4v) is 3.79. The number of fused-ring (bicyclic) bond motifs is 1. The van der Waals surface area contributed by atoms with Crippen LogP contribution in [0.5, 0.6) is 0 Å². The molecule has 0 radical (unpaired) electrons. The highest BCUT2D eigenvalue weighted by atomic mass is 16.5. The molecule has 144 valence electrons. The van der Waals surface area contributed by atoms with E-state index in [2.05, 4.69) is 27.8 Å². The highest BCUT2D eigenvalue weighted by molar-refractivity contribution is 5.99. The molecule has 1 aliphatic rings. The second-order valence-corrected chi connectivity index (χ2v) is 6.93. The van der Waals surface area contributed by atoms with E-state index < -0.39 is 0 Å². The van der Waals surface area contributed by atoms with E-state index in [9.17, 15) is 9.59 Å². The molecule has 0 saturated carbocycles. The molecule has 0 spiro atoms. The van der Waals surface area contributed by atoms with Gasteiger partial charge in [0.25, 0.3) is 0 Å². The molecule has 2 heterocycles. The molecule has 1 saturated heterocycles. The quantitative estimate of drug-likeness (QED) is 0.595. The number of hydrogen-bond acceptors (Lipinski definition) is 4. The van der Waals surface area contributed by atoms with Crippen molar-refractivity contribution < 1.29 is 14.3 Å². The first-order chi connectivity index (χ1) is 13.7. The number of benzene rings is 2. The average Bonchev–Trinajstić information content (AvgIpc) is 3.36. The monoisotopic (exact) mass is 377 g/mol. The van der Waals surface area contributed by atoms with Crippen LogP contribution in [0.1, 0.15) is 35.3 Å². The van der Waals surface area contributed by atoms with Crippen molar-refractivity contribution in [2.24, 2.45) is 0 Å². The van der Waals surface area contributed by atoms with E-state index in [0.717, 1.165) is 23.9 Å². The Kier molecular flexibility index (Phi) is 5.12. The van der Waals surface area contributed by atoms with Gasteiger partial charge in [0.1, 0.15) is 5.69 Å². The summed E-state index contributed by atoms with van der Waals surface area (Å²) in [7, 11) is 0. The predicted octanol–water partition coefficient (Wildman–Crippen LogP) is 3.43. The molecule has 4 rings (SSSR count). The summed E-state index contributed by atoms with van der Waals surface area (Å²) < 4.78 is 5.03. The topological polar surface area (TPSA) is 83.2 Å². The van der Waals surface area contributed by atoms with Gasteiger partial charge < -0.3 is 20.4 Å². The summed E-state index contributed by atoms with van der Waals surface area (Å²) >= 11 is 0. The summed E-state index contributed by atoms with van der Waals surface area (Å²) in [5.41, 5.74) is 3.10. The highest BCUT2D eigenvalue weighted by Crippen LogP contribution is 2.29. The van der Waals surface area contributed by atoms with Crippen LogP contribution in [0, 0.1) is 0 Å². The maximum atomic E-state index is 12.9. The van der Waals surface area contributed by atoms with Crippen LogP contribution < -0.4 is 10.6 Å². The molecule has 0 bridgehead atoms. The zero-order chi connectivity index (χ0) is 19.5. The Labute approximate surface area is 163 Å². The average molecular weight is 377 g/mol. The van der Waals surface area contributed by atoms with Crippen LogP contribution in [0.2, 0.25) is 0 Å². The lowest BCUT2D eigenvalue weighted by molar-refractivity contribution is -0.118. The molecule has 2 atom stereocenters. The number of ether oxygens (including phenoxy) is 1. The number of amides is 1. The summed E-state index contributed by atoms with van der Waals surface area (Å²) in [6.07, 6.45) is 0.932. The number of carbonyl (C=O) groups is 2. The lowest BCUT2D eigenvalue weighted by Gasteiger charge is -2.19. The Balaban J connectivity index is 1.51. The Morgan fingerprint density at radius 2 is 1.96 bits per heavy atom. The smallest absolute Gasteiger partial charge is 0.354 e. The van der Waals surface area contributed by atoms with Crippen molar-refractivity contribution in [3.63, 3.8) is 0 Å². The number of aromatic amines is 1. The molecule has 28 heavy (non-hydrogen) atoms. The molecule has 6 heteroatoms. The first kappa shape index (κ1) is 18.3. The molecule has 1 fully saturated rings. The van der Waals surface area contributed by atoms with Gasteiger partial charge in [-0.1, -0.05) is 30.3 Å². The number of aromatic nitrogens is 1. The molecular weight excluding hydrogens is 354 g/mol. The molecule has 0 aliphatic carbocycles. The third-order valence-electron chi connectivity index (χ3n) is 5.12. The van der Waals surface area contributed by atoms with Gasteiger partial charge in [0.2, 0.25) is 5.91 Å². The second kappa shape index (κ2) is 7.86. The van der Waals surface area contributed by atoms with E-state index in [1.54, 1.807) is 13.0 Å². The van der Waals surface area contributed by atoms with Gasteiger partial charge in [-0.25, -0.2) is 4.79 Å². The number of hydrogen-bond donors (Lipinski definition) is 3. The number of anilines is 1. The summed E-state index contributed by atoms with van der Waals surface area (Å²) in [6, 6.07) is 17.1. The fourth-order valence-electron chi connectivity index (χ4n) is 3.79. The van der Waals surface area contributed by atoms with Gasteiger partial charge in [-0.05, 0) is 49.7 Å². The third-order valence-corrected chi connectivity index (χ3v) is 5.12. The Bertz CT molecular complexity index is 997. The number of carbonyl (C=O) groups excluding carboxylic acids is 2. The van der Waals surface area contributed by atoms with E-state index >= 15 is 0 Å². The van der Waals surface area contributed by atoms with Crippen molar-refractivity contribution in [1.29, 1.82) is 0 Å². The number of esters is 1. The first-order valence-corrected chi connectivity index (χ1v) is 9.55. The maximum Gasteiger partial charge on any atom is 0.354 e. The lowest BCUT2D eigenvalue weighted by atomic mass is 9.91. The molecule has 1 aliphatic heterocycles. The van der Waals surface area contributed by atoms with Crippen molar-refractivity contribution in [2.75, 3.05) is 18.5 Å². The van der Waals surface area contributed by atoms with Gasteiger partial charge in [0.15, 0.2) is 0 Å². The van der Waals surface area contributed by atoms with Crippen LogP contribution in [0.4, 0.5) is 5.69 Å². The van der Waals surface area contributed by atoms with E-state index in [0.29, 0.717) is 18.0 Å². The molecule has 3 aromatic rings. The number of H-pyrrole nitrogens is 1. The minimum absolute atomic E-state index is 0.0492. The maximum absolute atomic E-state index is 12.9. The Morgan fingerprint density at radius 3 is 2.75 bits per heavy atom. The van der Waals surface area contributed by atoms with Crippen LogP contribution in [0.15, 0.2) is 54.6 Å². The van der Waals surface area contributed by atoms with E-state index in [-0.39, 0.29) is 23.8 Å². The summed E-state index contributed by atoms with van der Waals surface area (Å²) in [6.45, 7) is 2.91. The van der Waals surface area contributed by atoms with Crippen LogP contribution in [-0.4, -0.2) is 36.1 Å². The summed E-state index contributed by atoms with van der Waals surface area (Å²) in [5, 5.41) is 7.17. The molecule has 1 amide bonds. The van der Waals surface area contributed by atoms with Gasteiger partial charge in [-0.15, -0.1) is 0 Å². The van der Waals surface area contributed by atoms with Gasteiger partial charge >= 0.3 is 5.97 Å². The SMILES string of the molecule is CCOC(=O)c1cc2cc(NC(=O)[C@H]3NCC[C@H]3c3ccccc3)ccc2[nH]1. The van der Waals surface area contributed by atoms with Crippen LogP contribution >= 0.6 is 0 Å². The molecule has 1 aromatic heterocycles. The van der Waals surface area contributed by atoms with Gasteiger partial charge in [-0.3, -0.25) is 4.79 Å². The molecule has 2 aromatic carbocycles. The normalized spacial score (nSPS) is 18.9. The molecule has 0 unspecified atom stereocenters. The Morgan fingerprint density at radius 1 is 1.14 bits per heavy atom. The van der Waals surface area contributed by atoms with E-state index in [4.69, 9.17) is 4.74 Å². The van der Waals surface area contributed by atoms with Gasteiger partial charge in [0, 0.05) is 22.5 Å². The van der Waals surface area contributed by atoms with Crippen LogP contribution in [0.3, 0.4) is 0 Å².